The van der Waals surface area contributed by atoms with E-state index in [0.717, 1.165) is 0 Å². The molecule has 0 bridgehead atoms. The predicted molar refractivity (Wildman–Crippen MR) is 109 cm³/mol. The molecule has 2 aromatic rings. The number of amides is 2. The summed E-state index contributed by atoms with van der Waals surface area (Å²) in [6.07, 6.45) is -0.535. The second-order valence-electron chi connectivity index (χ2n) is 8.43. The smallest absolute Gasteiger partial charge is 0.252 e. The first-order chi connectivity index (χ1) is 14.0. The summed E-state index contributed by atoms with van der Waals surface area (Å²) < 4.78 is 28.2. The number of nitrogens with zero attached hydrogens (tertiary/aromatic N) is 3. The van der Waals surface area contributed by atoms with Crippen molar-refractivity contribution in [3.63, 3.8) is 0 Å². The van der Waals surface area contributed by atoms with Crippen LogP contribution in [0.3, 0.4) is 0 Å². The van der Waals surface area contributed by atoms with Crippen LogP contribution in [0.25, 0.3) is 11.3 Å². The second-order valence-corrected chi connectivity index (χ2v) is 9.30. The topological polar surface area (TPSA) is 81.2 Å². The van der Waals surface area contributed by atoms with Crippen LogP contribution in [0.2, 0.25) is 10.0 Å². The van der Waals surface area contributed by atoms with Gasteiger partial charge in [0.1, 0.15) is 5.69 Å². The number of fused-ring (bicyclic) bond motifs is 1. The maximum absolute atomic E-state index is 13.3. The third-order valence-electron chi connectivity index (χ3n) is 5.66. The normalized spacial score (nSPS) is 19.2. The number of carbonyl (C=O) groups is 2. The van der Waals surface area contributed by atoms with Gasteiger partial charge in [-0.05, 0) is 23.6 Å². The van der Waals surface area contributed by atoms with Gasteiger partial charge in [-0.2, -0.15) is 5.10 Å². The number of alkyl halides is 2. The van der Waals surface area contributed by atoms with Crippen molar-refractivity contribution in [2.45, 2.75) is 45.2 Å². The molecule has 2 heterocycles. The Morgan fingerprint density at radius 2 is 1.80 bits per heavy atom. The standard InChI is InChI=1S/C20H20Cl2F2N4O2/c1-19(9-20(23,24)10-19)7-15(29)27-2-3-28-14(8-27)16(18(25)30)17(26-28)11-4-12(21)6-13(22)5-11/h4-6H,2-3,7-10H2,1H3,(H2,25,30). The van der Waals surface area contributed by atoms with Crippen LogP contribution in [0.4, 0.5) is 8.78 Å². The highest BCUT2D eigenvalue weighted by atomic mass is 35.5. The number of halogens is 4. The van der Waals surface area contributed by atoms with Crippen LogP contribution in [0.15, 0.2) is 18.2 Å². The van der Waals surface area contributed by atoms with E-state index in [2.05, 4.69) is 5.10 Å². The van der Waals surface area contributed by atoms with Gasteiger partial charge in [0, 0.05) is 41.4 Å². The van der Waals surface area contributed by atoms with Gasteiger partial charge < -0.3 is 10.6 Å². The summed E-state index contributed by atoms with van der Waals surface area (Å²) in [7, 11) is 0. The van der Waals surface area contributed by atoms with E-state index in [9.17, 15) is 18.4 Å². The highest BCUT2D eigenvalue weighted by Crippen LogP contribution is 2.53. The van der Waals surface area contributed by atoms with E-state index in [1.165, 1.54) is 0 Å². The van der Waals surface area contributed by atoms with Gasteiger partial charge in [-0.25, -0.2) is 8.78 Å². The highest BCUT2D eigenvalue weighted by molar-refractivity contribution is 6.35. The number of aromatic nitrogens is 2. The van der Waals surface area contributed by atoms with Crippen molar-refractivity contribution >= 4 is 35.0 Å². The molecule has 0 unspecified atom stereocenters. The molecule has 0 radical (unpaired) electrons. The van der Waals surface area contributed by atoms with Crippen LogP contribution in [-0.4, -0.2) is 39.0 Å². The second kappa shape index (κ2) is 7.20. The van der Waals surface area contributed by atoms with Crippen molar-refractivity contribution in [1.82, 2.24) is 14.7 Å². The van der Waals surface area contributed by atoms with Crippen LogP contribution < -0.4 is 5.73 Å². The van der Waals surface area contributed by atoms with Crippen molar-refractivity contribution in [2.24, 2.45) is 11.1 Å². The molecule has 4 rings (SSSR count). The zero-order valence-corrected chi connectivity index (χ0v) is 17.7. The van der Waals surface area contributed by atoms with Crippen LogP contribution in [0.1, 0.15) is 42.2 Å². The fourth-order valence-corrected chi connectivity index (χ4v) is 5.01. The molecule has 160 valence electrons. The Hall–Kier alpha value is -2.19. The number of rotatable bonds is 4. The molecule has 2 N–H and O–H groups in total. The summed E-state index contributed by atoms with van der Waals surface area (Å²) in [6, 6.07) is 4.83. The number of carbonyl (C=O) groups excluding carboxylic acids is 2. The van der Waals surface area contributed by atoms with Gasteiger partial charge >= 0.3 is 0 Å². The minimum absolute atomic E-state index is 0.0411. The van der Waals surface area contributed by atoms with Crippen molar-refractivity contribution in [1.29, 1.82) is 0 Å². The fourth-order valence-electron chi connectivity index (χ4n) is 4.48. The van der Waals surface area contributed by atoms with Crippen LogP contribution in [-0.2, 0) is 17.9 Å². The first-order valence-electron chi connectivity index (χ1n) is 9.48. The van der Waals surface area contributed by atoms with Crippen molar-refractivity contribution in [2.75, 3.05) is 6.54 Å². The molecule has 10 heteroatoms. The first kappa shape index (κ1) is 21.1. The van der Waals surface area contributed by atoms with Crippen LogP contribution in [0, 0.1) is 5.41 Å². The molecule has 1 fully saturated rings. The lowest BCUT2D eigenvalue weighted by atomic mass is 9.65. The van der Waals surface area contributed by atoms with E-state index in [0.29, 0.717) is 40.1 Å². The van der Waals surface area contributed by atoms with Gasteiger partial charge in [0.25, 0.3) is 5.91 Å². The van der Waals surface area contributed by atoms with Gasteiger partial charge in [0.05, 0.1) is 24.3 Å². The van der Waals surface area contributed by atoms with Crippen LogP contribution in [0.5, 0.6) is 0 Å². The number of benzene rings is 1. The van der Waals surface area contributed by atoms with Gasteiger partial charge in [0.15, 0.2) is 0 Å². The maximum Gasteiger partial charge on any atom is 0.252 e. The molecule has 2 aliphatic rings. The number of primary amides is 1. The number of nitrogens with two attached hydrogens (primary N) is 1. The summed E-state index contributed by atoms with van der Waals surface area (Å²) in [4.78, 5) is 26.6. The SMILES string of the molecule is CC1(CC(=O)N2CCn3nc(-c4cc(Cl)cc(Cl)c4)c(C(N)=O)c3C2)CC(F)(F)C1. The Kier molecular flexibility index (Phi) is 5.05. The molecule has 0 spiro atoms. The van der Waals surface area contributed by atoms with E-state index < -0.39 is 17.2 Å². The Morgan fingerprint density at radius 1 is 1.17 bits per heavy atom. The van der Waals surface area contributed by atoms with Crippen molar-refractivity contribution in [3.05, 3.63) is 39.5 Å². The van der Waals surface area contributed by atoms with E-state index in [4.69, 9.17) is 28.9 Å². The molecule has 6 nitrogen and oxygen atoms in total. The molecule has 0 atom stereocenters. The molecule has 1 aliphatic carbocycles. The average Bonchev–Trinajstić information content (AvgIpc) is 2.97. The Balaban J connectivity index is 1.61. The first-order valence-corrected chi connectivity index (χ1v) is 10.2. The number of hydrogen-bond acceptors (Lipinski definition) is 3. The Bertz CT molecular complexity index is 1030. The highest BCUT2D eigenvalue weighted by Gasteiger charge is 2.54. The van der Waals surface area contributed by atoms with E-state index in [1.807, 2.05) is 0 Å². The fraction of sp³-hybridized carbons (Fsp3) is 0.450. The minimum atomic E-state index is -2.69. The summed E-state index contributed by atoms with van der Waals surface area (Å²) in [5, 5.41) is 5.28. The minimum Gasteiger partial charge on any atom is -0.365 e. The summed E-state index contributed by atoms with van der Waals surface area (Å²) in [6.45, 7) is 2.56. The van der Waals surface area contributed by atoms with Crippen molar-refractivity contribution < 1.29 is 18.4 Å². The lowest BCUT2D eigenvalue weighted by Crippen LogP contribution is -2.48. The summed E-state index contributed by atoms with van der Waals surface area (Å²) in [5.41, 5.74) is 6.54. The monoisotopic (exact) mass is 456 g/mol. The molecular weight excluding hydrogens is 437 g/mol. The summed E-state index contributed by atoms with van der Waals surface area (Å²) in [5.74, 6) is -3.59. The molecule has 1 aromatic heterocycles. The van der Waals surface area contributed by atoms with Crippen molar-refractivity contribution in [3.8, 4) is 11.3 Å². The summed E-state index contributed by atoms with van der Waals surface area (Å²) >= 11 is 12.2. The largest absolute Gasteiger partial charge is 0.365 e. The molecular formula is C20H20Cl2F2N4O2. The number of hydrogen-bond donors (Lipinski definition) is 1. The molecule has 1 aromatic carbocycles. The Morgan fingerprint density at radius 3 is 2.37 bits per heavy atom. The third-order valence-corrected chi connectivity index (χ3v) is 6.10. The lowest BCUT2D eigenvalue weighted by molar-refractivity contribution is -0.166. The van der Waals surface area contributed by atoms with Gasteiger partial charge in [-0.1, -0.05) is 30.1 Å². The van der Waals surface area contributed by atoms with Crippen LogP contribution >= 0.6 is 23.2 Å². The lowest BCUT2D eigenvalue weighted by Gasteiger charge is -2.45. The van der Waals surface area contributed by atoms with Gasteiger partial charge in [-0.3, -0.25) is 14.3 Å². The molecule has 0 saturated heterocycles. The molecule has 1 saturated carbocycles. The zero-order chi connectivity index (χ0) is 21.8. The Labute approximate surface area is 181 Å². The van der Waals surface area contributed by atoms with E-state index in [-0.39, 0.29) is 37.3 Å². The average molecular weight is 457 g/mol. The quantitative estimate of drug-likeness (QED) is 0.750. The zero-order valence-electron chi connectivity index (χ0n) is 16.2. The molecule has 1 aliphatic heterocycles. The van der Waals surface area contributed by atoms with E-state index in [1.54, 1.807) is 34.7 Å². The van der Waals surface area contributed by atoms with Gasteiger partial charge in [0.2, 0.25) is 11.8 Å². The van der Waals surface area contributed by atoms with Gasteiger partial charge in [-0.15, -0.1) is 0 Å². The van der Waals surface area contributed by atoms with E-state index >= 15 is 0 Å². The molecule has 30 heavy (non-hydrogen) atoms. The predicted octanol–water partition coefficient (Wildman–Crippen LogP) is 4.12. The third kappa shape index (κ3) is 3.90. The molecule has 2 amide bonds. The maximum atomic E-state index is 13.3.